The van der Waals surface area contributed by atoms with Gasteiger partial charge in [-0.3, -0.25) is 0 Å². The summed E-state index contributed by atoms with van der Waals surface area (Å²) in [7, 11) is 0. The summed E-state index contributed by atoms with van der Waals surface area (Å²) in [6.45, 7) is 1.98. The highest BCUT2D eigenvalue weighted by atomic mass is 19.1. The van der Waals surface area contributed by atoms with Crippen LogP contribution in [0.3, 0.4) is 0 Å². The highest BCUT2D eigenvalue weighted by molar-refractivity contribution is 5.91. The number of aromatic nitrogens is 2. The minimum Gasteiger partial charge on any atom is -0.383 e. The third-order valence-corrected chi connectivity index (χ3v) is 3.06. The molecule has 0 aliphatic rings. The van der Waals surface area contributed by atoms with Gasteiger partial charge in [0.15, 0.2) is 5.82 Å². The number of rotatable bonds is 1. The Morgan fingerprint density at radius 3 is 2.47 bits per heavy atom. The lowest BCUT2D eigenvalue weighted by atomic mass is 10.1. The van der Waals surface area contributed by atoms with Crippen molar-refractivity contribution < 1.29 is 4.39 Å². The zero-order valence-corrected chi connectivity index (χ0v) is 10.4. The minimum atomic E-state index is -0.284. The Hall–Kier alpha value is -2.49. The van der Waals surface area contributed by atoms with Crippen LogP contribution in [0, 0.1) is 12.7 Å². The standard InChI is InChI=1S/C15H12FN3/c1-9-3-2-4-12-13(9)18-15(19-14(12)17)10-5-7-11(16)8-6-10/h2-8H,1H3,(H2,17,18,19). The molecular weight excluding hydrogens is 241 g/mol. The number of nitrogens with two attached hydrogens (primary N) is 1. The van der Waals surface area contributed by atoms with E-state index < -0.39 is 0 Å². The average molecular weight is 253 g/mol. The quantitative estimate of drug-likeness (QED) is 0.723. The summed E-state index contributed by atoms with van der Waals surface area (Å²) in [4.78, 5) is 8.81. The first kappa shape index (κ1) is 11.6. The third-order valence-electron chi connectivity index (χ3n) is 3.06. The van der Waals surface area contributed by atoms with E-state index in [9.17, 15) is 4.39 Å². The molecule has 4 heteroatoms. The van der Waals surface area contributed by atoms with Gasteiger partial charge in [-0.2, -0.15) is 0 Å². The van der Waals surface area contributed by atoms with Gasteiger partial charge in [0.2, 0.25) is 0 Å². The number of anilines is 1. The summed E-state index contributed by atoms with van der Waals surface area (Å²) < 4.78 is 12.9. The molecule has 0 spiro atoms. The minimum absolute atomic E-state index is 0.284. The molecule has 0 saturated heterocycles. The Morgan fingerprint density at radius 2 is 1.74 bits per heavy atom. The molecule has 0 amide bonds. The normalized spacial score (nSPS) is 10.8. The number of para-hydroxylation sites is 1. The van der Waals surface area contributed by atoms with Crippen LogP contribution in [0.2, 0.25) is 0 Å². The summed E-state index contributed by atoms with van der Waals surface area (Å²) in [5.74, 6) is 0.668. The maximum absolute atomic E-state index is 12.9. The van der Waals surface area contributed by atoms with E-state index >= 15 is 0 Å². The first-order chi connectivity index (χ1) is 9.15. The summed E-state index contributed by atoms with van der Waals surface area (Å²) in [5, 5.41) is 0.839. The molecule has 3 nitrogen and oxygen atoms in total. The summed E-state index contributed by atoms with van der Waals surface area (Å²) in [6.07, 6.45) is 0. The van der Waals surface area contributed by atoms with Gasteiger partial charge in [-0.05, 0) is 42.8 Å². The van der Waals surface area contributed by atoms with Crippen molar-refractivity contribution in [1.82, 2.24) is 9.97 Å². The van der Waals surface area contributed by atoms with Crippen LogP contribution in [0.1, 0.15) is 5.56 Å². The number of halogens is 1. The van der Waals surface area contributed by atoms with Crippen molar-refractivity contribution in [2.45, 2.75) is 6.92 Å². The molecule has 19 heavy (non-hydrogen) atoms. The van der Waals surface area contributed by atoms with Crippen molar-refractivity contribution in [3.63, 3.8) is 0 Å². The molecule has 0 unspecified atom stereocenters. The first-order valence-electron chi connectivity index (χ1n) is 5.94. The van der Waals surface area contributed by atoms with E-state index in [-0.39, 0.29) is 5.82 Å². The van der Waals surface area contributed by atoms with E-state index in [1.807, 2.05) is 25.1 Å². The van der Waals surface area contributed by atoms with Crippen molar-refractivity contribution in [2.75, 3.05) is 5.73 Å². The van der Waals surface area contributed by atoms with E-state index in [2.05, 4.69) is 9.97 Å². The smallest absolute Gasteiger partial charge is 0.162 e. The zero-order valence-electron chi connectivity index (χ0n) is 10.4. The predicted molar refractivity (Wildman–Crippen MR) is 74.1 cm³/mol. The Bertz CT molecular complexity index is 751. The highest BCUT2D eigenvalue weighted by Gasteiger charge is 2.08. The lowest BCUT2D eigenvalue weighted by Crippen LogP contribution is -1.98. The van der Waals surface area contributed by atoms with Crippen LogP contribution in [-0.2, 0) is 0 Å². The molecule has 0 fully saturated rings. The summed E-state index contributed by atoms with van der Waals surface area (Å²) in [6, 6.07) is 11.9. The number of nitrogens with zero attached hydrogens (tertiary/aromatic N) is 2. The molecule has 3 aromatic rings. The first-order valence-corrected chi connectivity index (χ1v) is 5.94. The SMILES string of the molecule is Cc1cccc2c(N)nc(-c3ccc(F)cc3)nc12. The summed E-state index contributed by atoms with van der Waals surface area (Å²) in [5.41, 5.74) is 8.58. The molecule has 2 aromatic carbocycles. The highest BCUT2D eigenvalue weighted by Crippen LogP contribution is 2.25. The molecule has 0 atom stereocenters. The van der Waals surface area contributed by atoms with Crippen LogP contribution in [-0.4, -0.2) is 9.97 Å². The largest absolute Gasteiger partial charge is 0.383 e. The maximum Gasteiger partial charge on any atom is 0.162 e. The molecule has 1 aromatic heterocycles. The molecule has 0 aliphatic carbocycles. The van der Waals surface area contributed by atoms with E-state index in [1.165, 1.54) is 12.1 Å². The van der Waals surface area contributed by atoms with Gasteiger partial charge in [-0.1, -0.05) is 12.1 Å². The van der Waals surface area contributed by atoms with Crippen molar-refractivity contribution >= 4 is 16.7 Å². The fraction of sp³-hybridized carbons (Fsp3) is 0.0667. The van der Waals surface area contributed by atoms with Gasteiger partial charge in [0.25, 0.3) is 0 Å². The van der Waals surface area contributed by atoms with Crippen LogP contribution in [0.5, 0.6) is 0 Å². The van der Waals surface area contributed by atoms with Crippen molar-refractivity contribution in [3.05, 3.63) is 53.8 Å². The lowest BCUT2D eigenvalue weighted by Gasteiger charge is -2.07. The van der Waals surface area contributed by atoms with E-state index in [1.54, 1.807) is 12.1 Å². The molecule has 0 bridgehead atoms. The zero-order chi connectivity index (χ0) is 13.4. The molecule has 0 radical (unpaired) electrons. The number of nitrogen functional groups attached to an aromatic ring is 1. The predicted octanol–water partition coefficient (Wildman–Crippen LogP) is 3.33. The van der Waals surface area contributed by atoms with Crippen LogP contribution in [0.25, 0.3) is 22.3 Å². The van der Waals surface area contributed by atoms with Gasteiger partial charge in [0.1, 0.15) is 11.6 Å². The third kappa shape index (κ3) is 2.01. The molecule has 3 rings (SSSR count). The Morgan fingerprint density at radius 1 is 1.00 bits per heavy atom. The molecular formula is C15H12FN3. The second kappa shape index (κ2) is 4.31. The Balaban J connectivity index is 2.25. The number of hydrogen-bond acceptors (Lipinski definition) is 3. The maximum atomic E-state index is 12.9. The van der Waals surface area contributed by atoms with Gasteiger partial charge in [-0.25, -0.2) is 14.4 Å². The molecule has 94 valence electrons. The van der Waals surface area contributed by atoms with Crippen LogP contribution in [0.15, 0.2) is 42.5 Å². The Kier molecular flexibility index (Phi) is 2.63. The molecule has 2 N–H and O–H groups in total. The van der Waals surface area contributed by atoms with Crippen molar-refractivity contribution in [1.29, 1.82) is 0 Å². The van der Waals surface area contributed by atoms with Crippen molar-refractivity contribution in [3.8, 4) is 11.4 Å². The lowest BCUT2D eigenvalue weighted by molar-refractivity contribution is 0.628. The Labute approximate surface area is 109 Å². The molecule has 0 aliphatic heterocycles. The van der Waals surface area contributed by atoms with E-state index in [0.29, 0.717) is 11.6 Å². The number of fused-ring (bicyclic) bond motifs is 1. The van der Waals surface area contributed by atoms with Gasteiger partial charge in [-0.15, -0.1) is 0 Å². The van der Waals surface area contributed by atoms with Crippen LogP contribution < -0.4 is 5.73 Å². The van der Waals surface area contributed by atoms with E-state index in [4.69, 9.17) is 5.73 Å². The topological polar surface area (TPSA) is 51.8 Å². The average Bonchev–Trinajstić information content (AvgIpc) is 2.41. The molecule has 1 heterocycles. The number of benzene rings is 2. The van der Waals surface area contributed by atoms with Gasteiger partial charge in [0, 0.05) is 10.9 Å². The van der Waals surface area contributed by atoms with Crippen molar-refractivity contribution in [2.24, 2.45) is 0 Å². The second-order valence-corrected chi connectivity index (χ2v) is 4.41. The van der Waals surface area contributed by atoms with E-state index in [0.717, 1.165) is 22.0 Å². The van der Waals surface area contributed by atoms with Gasteiger partial charge >= 0.3 is 0 Å². The van der Waals surface area contributed by atoms with Crippen LogP contribution >= 0.6 is 0 Å². The molecule has 0 saturated carbocycles. The fourth-order valence-corrected chi connectivity index (χ4v) is 2.05. The van der Waals surface area contributed by atoms with Gasteiger partial charge < -0.3 is 5.73 Å². The van der Waals surface area contributed by atoms with Gasteiger partial charge in [0.05, 0.1) is 5.52 Å². The number of hydrogen-bond donors (Lipinski definition) is 1. The van der Waals surface area contributed by atoms with Crippen LogP contribution in [0.4, 0.5) is 10.2 Å². The summed E-state index contributed by atoms with van der Waals surface area (Å²) >= 11 is 0. The second-order valence-electron chi connectivity index (χ2n) is 4.41. The number of aryl methyl sites for hydroxylation is 1. The fourth-order valence-electron chi connectivity index (χ4n) is 2.05. The monoisotopic (exact) mass is 253 g/mol.